The molecular weight excluding hydrogens is 405 g/mol. The minimum atomic E-state index is -0.453. The Hall–Kier alpha value is -3.15. The van der Waals surface area contributed by atoms with E-state index in [1.165, 1.54) is 17.4 Å². The Morgan fingerprint density at radius 2 is 1.76 bits per heavy atom. The first kappa shape index (κ1) is 17.9. The molecule has 3 nitrogen and oxygen atoms in total. The molecule has 0 aliphatic heterocycles. The number of nitrogen functional groups attached to an aromatic ring is 1. The topological polar surface area (TPSA) is 50.9 Å². The highest BCUT2D eigenvalue weighted by Gasteiger charge is 2.16. The van der Waals surface area contributed by atoms with E-state index < -0.39 is 5.82 Å². The van der Waals surface area contributed by atoms with Crippen molar-refractivity contribution >= 4 is 60.2 Å². The first-order valence-electron chi connectivity index (χ1n) is 8.98. The van der Waals surface area contributed by atoms with Crippen molar-refractivity contribution in [2.24, 2.45) is 0 Å². The van der Waals surface area contributed by atoms with Gasteiger partial charge in [-0.1, -0.05) is 54.1 Å². The molecule has 2 aromatic heterocycles. The number of fused-ring (bicyclic) bond motifs is 2. The maximum Gasteiger partial charge on any atom is 0.141 e. The Labute approximate surface area is 175 Å². The highest BCUT2D eigenvalue weighted by atomic mass is 35.5. The number of thiophene rings is 1. The number of hydrogen-bond donors (Lipinski definition) is 2. The van der Waals surface area contributed by atoms with Gasteiger partial charge in [0.15, 0.2) is 0 Å². The molecule has 6 heteroatoms. The zero-order valence-electron chi connectivity index (χ0n) is 15.1. The molecule has 0 fully saturated rings. The Kier molecular flexibility index (Phi) is 4.34. The van der Waals surface area contributed by atoms with Crippen LogP contribution in [0.4, 0.5) is 20.8 Å². The molecule has 29 heavy (non-hydrogen) atoms. The van der Waals surface area contributed by atoms with Gasteiger partial charge in [0.2, 0.25) is 0 Å². The Morgan fingerprint density at radius 1 is 0.931 bits per heavy atom. The molecule has 0 atom stereocenters. The van der Waals surface area contributed by atoms with Gasteiger partial charge in [-0.25, -0.2) is 4.39 Å². The summed E-state index contributed by atoms with van der Waals surface area (Å²) < 4.78 is 14.6. The average Bonchev–Trinajstić information content (AvgIpc) is 3.05. The second-order valence-electron chi connectivity index (χ2n) is 6.69. The number of benzene rings is 3. The number of pyridine rings is 1. The van der Waals surface area contributed by atoms with Gasteiger partial charge in [0, 0.05) is 44.7 Å². The number of nitrogens with zero attached hydrogens (tertiary/aromatic N) is 1. The summed E-state index contributed by atoms with van der Waals surface area (Å²) in [5.74, 6) is -0.453. The SMILES string of the molecule is Nc1sc2c(-c3cncc4ccccc34)cccc2c1Nc1ccc(F)c(Cl)c1. The Balaban J connectivity index is 1.68. The zero-order chi connectivity index (χ0) is 20.0. The molecule has 0 saturated heterocycles. The van der Waals surface area contributed by atoms with Crippen molar-refractivity contribution in [3.63, 3.8) is 0 Å². The molecule has 2 heterocycles. The van der Waals surface area contributed by atoms with Crippen LogP contribution in [0.3, 0.4) is 0 Å². The lowest BCUT2D eigenvalue weighted by molar-refractivity contribution is 0.628. The molecule has 3 N–H and O–H groups in total. The van der Waals surface area contributed by atoms with E-state index >= 15 is 0 Å². The van der Waals surface area contributed by atoms with E-state index in [0.717, 1.165) is 37.7 Å². The number of anilines is 3. The van der Waals surface area contributed by atoms with Crippen LogP contribution in [0.1, 0.15) is 0 Å². The molecule has 0 spiro atoms. The molecule has 0 amide bonds. The van der Waals surface area contributed by atoms with Gasteiger partial charge in [-0.15, -0.1) is 11.3 Å². The molecule has 0 saturated carbocycles. The normalized spacial score (nSPS) is 11.2. The van der Waals surface area contributed by atoms with E-state index in [-0.39, 0.29) is 5.02 Å². The highest BCUT2D eigenvalue weighted by Crippen LogP contribution is 2.45. The van der Waals surface area contributed by atoms with Gasteiger partial charge in [-0.2, -0.15) is 0 Å². The summed E-state index contributed by atoms with van der Waals surface area (Å²) in [6.07, 6.45) is 3.76. The van der Waals surface area contributed by atoms with Crippen LogP contribution in [0.5, 0.6) is 0 Å². The largest absolute Gasteiger partial charge is 0.389 e. The van der Waals surface area contributed by atoms with E-state index in [2.05, 4.69) is 28.5 Å². The van der Waals surface area contributed by atoms with Gasteiger partial charge in [0.05, 0.1) is 10.7 Å². The molecule has 142 valence electrons. The standard InChI is InChI=1S/C23H15ClFN3S/c24-19-10-14(8-9-20(19)25)28-21-17-7-3-6-16(22(17)29-23(21)26)18-12-27-11-13-4-1-2-5-15(13)18/h1-12,28H,26H2. The van der Waals surface area contributed by atoms with Gasteiger partial charge < -0.3 is 11.1 Å². The van der Waals surface area contributed by atoms with Crippen molar-refractivity contribution in [1.29, 1.82) is 0 Å². The molecule has 5 aromatic rings. The number of halogens is 2. The van der Waals surface area contributed by atoms with E-state index in [9.17, 15) is 4.39 Å². The number of rotatable bonds is 3. The van der Waals surface area contributed by atoms with Gasteiger partial charge in [0.25, 0.3) is 0 Å². The van der Waals surface area contributed by atoms with Crippen LogP contribution in [0.25, 0.3) is 32.0 Å². The van der Waals surface area contributed by atoms with Crippen LogP contribution < -0.4 is 11.1 Å². The molecule has 0 unspecified atom stereocenters. The first-order chi connectivity index (χ1) is 14.1. The maximum atomic E-state index is 13.5. The van der Waals surface area contributed by atoms with E-state index in [0.29, 0.717) is 10.7 Å². The van der Waals surface area contributed by atoms with Gasteiger partial charge in [-0.3, -0.25) is 4.98 Å². The van der Waals surface area contributed by atoms with Crippen molar-refractivity contribution in [1.82, 2.24) is 4.98 Å². The fourth-order valence-corrected chi connectivity index (χ4v) is 4.76. The summed E-state index contributed by atoms with van der Waals surface area (Å²) in [7, 11) is 0. The number of hydrogen-bond acceptors (Lipinski definition) is 4. The zero-order valence-corrected chi connectivity index (χ0v) is 16.7. The maximum absolute atomic E-state index is 13.5. The van der Waals surface area contributed by atoms with Crippen LogP contribution in [0.2, 0.25) is 5.02 Å². The molecule has 3 aromatic carbocycles. The molecule has 0 bridgehead atoms. The monoisotopic (exact) mass is 419 g/mol. The molecule has 0 aliphatic carbocycles. The fraction of sp³-hybridized carbons (Fsp3) is 0. The summed E-state index contributed by atoms with van der Waals surface area (Å²) in [4.78, 5) is 4.42. The smallest absolute Gasteiger partial charge is 0.141 e. The minimum Gasteiger partial charge on any atom is -0.389 e. The van der Waals surface area contributed by atoms with Crippen LogP contribution >= 0.6 is 22.9 Å². The second-order valence-corrected chi connectivity index (χ2v) is 8.15. The van der Waals surface area contributed by atoms with Crippen molar-refractivity contribution in [2.75, 3.05) is 11.1 Å². The number of nitrogens with one attached hydrogen (secondary N) is 1. The van der Waals surface area contributed by atoms with Crippen LogP contribution in [-0.4, -0.2) is 4.98 Å². The van der Waals surface area contributed by atoms with Crippen LogP contribution in [0.15, 0.2) is 73.1 Å². The molecule has 5 rings (SSSR count). The summed E-state index contributed by atoms with van der Waals surface area (Å²) in [6.45, 7) is 0. The van der Waals surface area contributed by atoms with Crippen molar-refractivity contribution in [3.05, 3.63) is 83.9 Å². The third-order valence-corrected chi connectivity index (χ3v) is 6.25. The molecule has 0 radical (unpaired) electrons. The lowest BCUT2D eigenvalue weighted by Gasteiger charge is -2.09. The van der Waals surface area contributed by atoms with Crippen molar-refractivity contribution in [2.45, 2.75) is 0 Å². The lowest BCUT2D eigenvalue weighted by Crippen LogP contribution is -1.93. The van der Waals surface area contributed by atoms with E-state index in [1.807, 2.05) is 36.7 Å². The minimum absolute atomic E-state index is 0.0654. The summed E-state index contributed by atoms with van der Waals surface area (Å²) in [5.41, 5.74) is 9.98. The van der Waals surface area contributed by atoms with Gasteiger partial charge in [0.1, 0.15) is 10.8 Å². The number of nitrogens with two attached hydrogens (primary N) is 1. The van der Waals surface area contributed by atoms with Gasteiger partial charge in [-0.05, 0) is 23.6 Å². The van der Waals surface area contributed by atoms with E-state index in [4.69, 9.17) is 17.3 Å². The summed E-state index contributed by atoms with van der Waals surface area (Å²) in [6, 6.07) is 18.8. The molecular formula is C23H15ClFN3S. The van der Waals surface area contributed by atoms with Crippen LogP contribution in [0, 0.1) is 5.82 Å². The predicted molar refractivity (Wildman–Crippen MR) is 122 cm³/mol. The third kappa shape index (κ3) is 3.09. The second kappa shape index (κ2) is 7.03. The average molecular weight is 420 g/mol. The third-order valence-electron chi connectivity index (χ3n) is 4.89. The van der Waals surface area contributed by atoms with Gasteiger partial charge >= 0.3 is 0 Å². The summed E-state index contributed by atoms with van der Waals surface area (Å²) >= 11 is 7.44. The van der Waals surface area contributed by atoms with E-state index in [1.54, 1.807) is 12.1 Å². The Bertz CT molecular complexity index is 1370. The lowest BCUT2D eigenvalue weighted by atomic mass is 10.00. The summed E-state index contributed by atoms with van der Waals surface area (Å²) in [5, 5.41) is 7.24. The highest BCUT2D eigenvalue weighted by molar-refractivity contribution is 7.24. The Morgan fingerprint density at radius 3 is 2.62 bits per heavy atom. The molecule has 0 aliphatic rings. The predicted octanol–water partition coefficient (Wildman–Crippen LogP) is 7.23. The first-order valence-corrected chi connectivity index (χ1v) is 10.2. The number of aromatic nitrogens is 1. The van der Waals surface area contributed by atoms with Crippen molar-refractivity contribution < 1.29 is 4.39 Å². The quantitative estimate of drug-likeness (QED) is 0.324. The fourth-order valence-electron chi connectivity index (χ4n) is 3.53. The van der Waals surface area contributed by atoms with Crippen molar-refractivity contribution in [3.8, 4) is 11.1 Å². The van der Waals surface area contributed by atoms with Crippen LogP contribution in [-0.2, 0) is 0 Å².